The Morgan fingerprint density at radius 1 is 0.691 bits per heavy atom. The van der Waals surface area contributed by atoms with E-state index in [9.17, 15) is 38.7 Å². The first-order chi connectivity index (χ1) is 26.1. The minimum absolute atomic E-state index is 0.0240. The largest absolute Gasteiger partial charge is 0.480 e. The molecule has 0 saturated carbocycles. The average Bonchev–Trinajstić information content (AvgIpc) is 3.55. The smallest absolute Gasteiger partial charge is 0.328 e. The molecule has 0 saturated heterocycles. The number of guanidine groups is 2. The number of carbonyl (C=O) groups excluding carboxylic acids is 6. The lowest BCUT2D eigenvalue weighted by atomic mass is 10.0. The van der Waals surface area contributed by atoms with E-state index in [4.69, 9.17) is 33.8 Å². The van der Waals surface area contributed by atoms with Crippen LogP contribution >= 0.6 is 0 Å². The lowest BCUT2D eigenvalue weighted by Crippen LogP contribution is -2.56. The molecular weight excluding hydrogens is 724 g/mol. The number of carboxylic acid groups (broad SMARTS) is 1. The number of rotatable bonds is 24. The second-order valence-corrected chi connectivity index (χ2v) is 12.0. The van der Waals surface area contributed by atoms with Gasteiger partial charge in [0.2, 0.25) is 35.4 Å². The molecule has 0 spiro atoms. The van der Waals surface area contributed by atoms with Crippen molar-refractivity contribution in [2.24, 2.45) is 38.7 Å². The summed E-state index contributed by atoms with van der Waals surface area (Å²) in [5.74, 6) is -6.53. The fourth-order valence-corrected chi connectivity index (χ4v) is 5.06. The molecule has 0 radical (unpaired) electrons. The van der Waals surface area contributed by atoms with Gasteiger partial charge in [-0.3, -0.25) is 38.8 Å². The van der Waals surface area contributed by atoms with Crippen LogP contribution in [0.5, 0.6) is 0 Å². The lowest BCUT2D eigenvalue weighted by molar-refractivity contribution is -0.142. The highest BCUT2D eigenvalue weighted by atomic mass is 16.4. The Morgan fingerprint density at radius 3 is 1.73 bits per heavy atom. The third-order valence-electron chi connectivity index (χ3n) is 7.77. The number of aliphatic hydroxyl groups is 1. The maximum Gasteiger partial charge on any atom is 0.328 e. The van der Waals surface area contributed by atoms with Crippen molar-refractivity contribution in [3.05, 3.63) is 36.0 Å². The van der Waals surface area contributed by atoms with Crippen LogP contribution in [-0.4, -0.2) is 132 Å². The number of amides is 6. The predicted octanol–water partition coefficient (Wildman–Crippen LogP) is -5.98. The topological polar surface area (TPSA) is 403 Å². The zero-order chi connectivity index (χ0) is 40.9. The lowest BCUT2D eigenvalue weighted by Gasteiger charge is -2.24. The van der Waals surface area contributed by atoms with Crippen LogP contribution in [0.2, 0.25) is 0 Å². The summed E-state index contributed by atoms with van der Waals surface area (Å²) in [7, 11) is 0. The Kier molecular flexibility index (Phi) is 18.9. The minimum Gasteiger partial charge on any atom is -0.480 e. The molecule has 4 atom stereocenters. The van der Waals surface area contributed by atoms with Gasteiger partial charge in [-0.15, -0.1) is 0 Å². The van der Waals surface area contributed by atoms with Gasteiger partial charge in [0, 0.05) is 36.6 Å². The van der Waals surface area contributed by atoms with E-state index >= 15 is 0 Å². The number of aromatic amines is 1. The van der Waals surface area contributed by atoms with Crippen LogP contribution < -0.4 is 60.6 Å². The Bertz CT molecular complexity index is 1710. The van der Waals surface area contributed by atoms with E-state index in [0.29, 0.717) is 12.0 Å². The highest BCUT2D eigenvalue weighted by Crippen LogP contribution is 2.19. The van der Waals surface area contributed by atoms with Gasteiger partial charge in [0.1, 0.15) is 24.2 Å². The van der Waals surface area contributed by atoms with Crippen molar-refractivity contribution in [3.63, 3.8) is 0 Å². The summed E-state index contributed by atoms with van der Waals surface area (Å²) >= 11 is 0. The third-order valence-corrected chi connectivity index (χ3v) is 7.77. The van der Waals surface area contributed by atoms with Gasteiger partial charge in [-0.2, -0.15) is 0 Å². The number of nitrogens with zero attached hydrogens (tertiary/aromatic N) is 2. The number of carbonyl (C=O) groups is 7. The van der Waals surface area contributed by atoms with Gasteiger partial charge in [0.05, 0.1) is 26.2 Å². The monoisotopic (exact) mass is 774 g/mol. The molecule has 55 heavy (non-hydrogen) atoms. The Labute approximate surface area is 315 Å². The maximum absolute atomic E-state index is 13.8. The van der Waals surface area contributed by atoms with E-state index in [-0.39, 0.29) is 50.7 Å². The van der Waals surface area contributed by atoms with E-state index in [1.54, 1.807) is 30.5 Å². The summed E-state index contributed by atoms with van der Waals surface area (Å²) in [4.78, 5) is 99.5. The van der Waals surface area contributed by atoms with Crippen molar-refractivity contribution in [1.29, 1.82) is 0 Å². The van der Waals surface area contributed by atoms with Crippen LogP contribution in [0.1, 0.15) is 31.2 Å². The number of fused-ring (bicyclic) bond motifs is 1. The molecule has 1 heterocycles. The maximum atomic E-state index is 13.8. The summed E-state index contributed by atoms with van der Waals surface area (Å²) in [5.41, 5.74) is 28.2. The molecule has 19 N–H and O–H groups in total. The number of nitrogens with two attached hydrogens (primary N) is 5. The molecule has 6 amide bonds. The molecule has 2 aromatic rings. The van der Waals surface area contributed by atoms with E-state index in [0.717, 1.165) is 10.9 Å². The quantitative estimate of drug-likeness (QED) is 0.0268. The van der Waals surface area contributed by atoms with Gasteiger partial charge in [-0.25, -0.2) is 4.79 Å². The minimum atomic E-state index is -1.61. The normalized spacial score (nSPS) is 12.8. The summed E-state index contributed by atoms with van der Waals surface area (Å²) in [6.07, 6.45) is 2.14. The van der Waals surface area contributed by atoms with E-state index in [1.807, 2.05) is 0 Å². The molecule has 23 nitrogen and oxygen atoms in total. The van der Waals surface area contributed by atoms with Crippen LogP contribution in [-0.2, 0) is 40.0 Å². The van der Waals surface area contributed by atoms with Crippen LogP contribution in [0.15, 0.2) is 40.4 Å². The second kappa shape index (κ2) is 23.2. The van der Waals surface area contributed by atoms with E-state index < -0.39 is 91.8 Å². The number of hydrogen-bond acceptors (Lipinski definition) is 11. The Morgan fingerprint density at radius 2 is 1.20 bits per heavy atom. The highest BCUT2D eigenvalue weighted by molar-refractivity contribution is 5.96. The SMILES string of the molecule is NCC(=O)N[C@@H](CCCN=C(N)N)C(=O)NCC(=O)N[C@@H](CCCN=C(N)N)C(=O)N[C@@H](Cc1c[nH]c2ccccc12)C(=O)NCC(=O)N[C@@H](CO)C(=O)O. The molecular formula is C32H50N14O9. The summed E-state index contributed by atoms with van der Waals surface area (Å²) in [6.45, 7) is -2.33. The Balaban J connectivity index is 2.24. The highest BCUT2D eigenvalue weighted by Gasteiger charge is 2.29. The van der Waals surface area contributed by atoms with Crippen LogP contribution in [0.25, 0.3) is 10.9 Å². The number of para-hydroxylation sites is 1. The zero-order valence-electron chi connectivity index (χ0n) is 30.0. The molecule has 0 fully saturated rings. The molecule has 302 valence electrons. The second-order valence-electron chi connectivity index (χ2n) is 12.0. The Hall–Kier alpha value is -6.49. The van der Waals surface area contributed by atoms with Crippen molar-refractivity contribution in [2.45, 2.75) is 56.3 Å². The number of aliphatic imine (C=N–C) groups is 2. The average molecular weight is 775 g/mol. The molecule has 2 rings (SSSR count). The third kappa shape index (κ3) is 16.4. The number of aromatic nitrogens is 1. The summed E-state index contributed by atoms with van der Waals surface area (Å²) in [6, 6.07) is 1.88. The van der Waals surface area contributed by atoms with Crippen molar-refractivity contribution in [2.75, 3.05) is 39.3 Å². The number of hydrogen-bond donors (Lipinski definition) is 14. The number of aliphatic carboxylic acids is 1. The van der Waals surface area contributed by atoms with Crippen LogP contribution in [0.4, 0.5) is 0 Å². The first-order valence-corrected chi connectivity index (χ1v) is 17.1. The summed E-state index contributed by atoms with van der Waals surface area (Å²) < 4.78 is 0. The number of H-pyrrole nitrogens is 1. The van der Waals surface area contributed by atoms with Gasteiger partial charge >= 0.3 is 5.97 Å². The van der Waals surface area contributed by atoms with Crippen molar-refractivity contribution >= 4 is 64.2 Å². The van der Waals surface area contributed by atoms with Crippen molar-refractivity contribution in [1.82, 2.24) is 36.9 Å². The number of aliphatic hydroxyl groups excluding tert-OH is 1. The first kappa shape index (κ1) is 44.7. The van der Waals surface area contributed by atoms with Gasteiger partial charge in [0.15, 0.2) is 11.9 Å². The van der Waals surface area contributed by atoms with Crippen LogP contribution in [0.3, 0.4) is 0 Å². The molecule has 0 unspecified atom stereocenters. The molecule has 23 heteroatoms. The van der Waals surface area contributed by atoms with Crippen molar-refractivity contribution < 1.29 is 43.8 Å². The van der Waals surface area contributed by atoms with Crippen LogP contribution in [0, 0.1) is 0 Å². The molecule has 0 aliphatic heterocycles. The molecule has 0 aliphatic carbocycles. The van der Waals surface area contributed by atoms with E-state index in [2.05, 4.69) is 46.9 Å². The first-order valence-electron chi connectivity index (χ1n) is 17.1. The molecule has 1 aromatic carbocycles. The zero-order valence-corrected chi connectivity index (χ0v) is 30.0. The molecule has 0 bridgehead atoms. The number of nitrogens with one attached hydrogen (secondary N) is 7. The number of carboxylic acids is 1. The van der Waals surface area contributed by atoms with Crippen molar-refractivity contribution in [3.8, 4) is 0 Å². The van der Waals surface area contributed by atoms with Gasteiger partial charge in [0.25, 0.3) is 0 Å². The predicted molar refractivity (Wildman–Crippen MR) is 199 cm³/mol. The van der Waals surface area contributed by atoms with Gasteiger partial charge < -0.3 is 75.8 Å². The number of benzene rings is 1. The molecule has 0 aliphatic rings. The standard InChI is InChI=1S/C32H50N14O9/c33-12-24(48)43-20(7-3-9-38-31(34)35)27(51)41-14-25(49)44-21(8-4-10-39-32(36)37)29(53)46-22(11-17-13-40-19-6-2-1-5-18(17)19)28(52)42-15-26(50)45-23(16-47)30(54)55/h1-2,5-6,13,20-23,40,47H,3-4,7-12,14-16,33H2,(H,41,51)(H,42,52)(H,43,48)(H,44,49)(H,45,50)(H,46,53)(H,54,55)(H4,34,35,38)(H4,36,37,39)/t20-,21-,22-,23-/m0/s1. The molecule has 1 aromatic heterocycles. The van der Waals surface area contributed by atoms with Gasteiger partial charge in [-0.1, -0.05) is 18.2 Å². The fourth-order valence-electron chi connectivity index (χ4n) is 5.06. The summed E-state index contributed by atoms with van der Waals surface area (Å²) in [5, 5.41) is 33.5. The van der Waals surface area contributed by atoms with E-state index in [1.165, 1.54) is 0 Å². The van der Waals surface area contributed by atoms with Gasteiger partial charge in [-0.05, 0) is 37.3 Å². The fraction of sp³-hybridized carbons (Fsp3) is 0.469.